The van der Waals surface area contributed by atoms with Crippen molar-refractivity contribution in [1.29, 1.82) is 0 Å². The summed E-state index contributed by atoms with van der Waals surface area (Å²) in [5, 5.41) is 0. The average molecular weight is 190 g/mol. The highest BCUT2D eigenvalue weighted by molar-refractivity contribution is 5.61. The fraction of sp³-hybridized carbons (Fsp3) is 0. The molecule has 0 saturated heterocycles. The van der Waals surface area contributed by atoms with Crippen molar-refractivity contribution in [2.75, 3.05) is 5.73 Å². The Morgan fingerprint density at radius 3 is 2.57 bits per heavy atom. The molecule has 0 aliphatic heterocycles. The number of anilines is 1. The van der Waals surface area contributed by atoms with Gasteiger partial charge in [-0.05, 0) is 12.1 Å². The third-order valence-electron chi connectivity index (χ3n) is 1.77. The fourth-order valence-corrected chi connectivity index (χ4v) is 1.09. The highest BCUT2D eigenvalue weighted by Crippen LogP contribution is 2.20. The van der Waals surface area contributed by atoms with Gasteiger partial charge in [0.15, 0.2) is 11.6 Å². The summed E-state index contributed by atoms with van der Waals surface area (Å²) in [6.07, 6.45) is 4.36. The molecule has 2 N–H and O–H groups in total. The van der Waals surface area contributed by atoms with Crippen molar-refractivity contribution in [1.82, 2.24) is 15.0 Å². The zero-order chi connectivity index (χ0) is 9.97. The summed E-state index contributed by atoms with van der Waals surface area (Å²) in [5.41, 5.74) is 6.14. The van der Waals surface area contributed by atoms with Crippen molar-refractivity contribution < 1.29 is 4.39 Å². The fourth-order valence-electron chi connectivity index (χ4n) is 1.09. The minimum atomic E-state index is -0.598. The molecule has 0 aliphatic rings. The molecule has 0 spiro atoms. The molecule has 14 heavy (non-hydrogen) atoms. The van der Waals surface area contributed by atoms with Gasteiger partial charge in [0.1, 0.15) is 12.0 Å². The van der Waals surface area contributed by atoms with E-state index in [4.69, 9.17) is 5.73 Å². The highest BCUT2D eigenvalue weighted by atomic mass is 19.1. The number of aromatic nitrogens is 3. The second kappa shape index (κ2) is 3.37. The topological polar surface area (TPSA) is 64.7 Å². The molecule has 2 heterocycles. The first-order chi connectivity index (χ1) is 6.79. The largest absolute Gasteiger partial charge is 0.381 e. The molecule has 70 valence electrons. The van der Waals surface area contributed by atoms with Gasteiger partial charge in [0.2, 0.25) is 0 Å². The first kappa shape index (κ1) is 8.55. The van der Waals surface area contributed by atoms with E-state index in [9.17, 15) is 4.39 Å². The predicted molar refractivity (Wildman–Crippen MR) is 49.6 cm³/mol. The van der Waals surface area contributed by atoms with Crippen molar-refractivity contribution >= 4 is 5.82 Å². The van der Waals surface area contributed by atoms with E-state index in [0.29, 0.717) is 5.56 Å². The molecule has 0 fully saturated rings. The van der Waals surface area contributed by atoms with Crippen molar-refractivity contribution in [2.24, 2.45) is 0 Å². The lowest BCUT2D eigenvalue weighted by Gasteiger charge is -2.02. The van der Waals surface area contributed by atoms with Crippen molar-refractivity contribution in [2.45, 2.75) is 0 Å². The van der Waals surface area contributed by atoms with E-state index in [1.165, 1.54) is 6.33 Å². The molecule has 2 aromatic rings. The van der Waals surface area contributed by atoms with Gasteiger partial charge in [-0.25, -0.2) is 14.4 Å². The SMILES string of the molecule is Nc1ncnc(-c2ccncc2)c1F. The number of hydrogen-bond acceptors (Lipinski definition) is 4. The van der Waals surface area contributed by atoms with Crippen LogP contribution < -0.4 is 5.73 Å². The van der Waals surface area contributed by atoms with Gasteiger partial charge in [0.05, 0.1) is 0 Å². The summed E-state index contributed by atoms with van der Waals surface area (Å²) in [6.45, 7) is 0. The minimum absolute atomic E-state index is 0.146. The van der Waals surface area contributed by atoms with Crippen LogP contribution in [0.4, 0.5) is 10.2 Å². The number of halogens is 1. The molecule has 0 bridgehead atoms. The van der Waals surface area contributed by atoms with Crippen LogP contribution in [0.3, 0.4) is 0 Å². The van der Waals surface area contributed by atoms with Gasteiger partial charge in [0, 0.05) is 18.0 Å². The van der Waals surface area contributed by atoms with E-state index in [0.717, 1.165) is 0 Å². The van der Waals surface area contributed by atoms with E-state index in [1.807, 2.05) is 0 Å². The van der Waals surface area contributed by atoms with Crippen molar-refractivity contribution in [3.05, 3.63) is 36.7 Å². The van der Waals surface area contributed by atoms with Gasteiger partial charge in [0.25, 0.3) is 0 Å². The van der Waals surface area contributed by atoms with Crippen LogP contribution in [0.2, 0.25) is 0 Å². The molecule has 0 radical (unpaired) electrons. The second-order valence-electron chi connectivity index (χ2n) is 2.66. The lowest BCUT2D eigenvalue weighted by molar-refractivity contribution is 0.624. The number of nitrogens with two attached hydrogens (primary N) is 1. The van der Waals surface area contributed by atoms with E-state index in [1.54, 1.807) is 24.5 Å². The smallest absolute Gasteiger partial charge is 0.191 e. The van der Waals surface area contributed by atoms with Crippen LogP contribution in [0.5, 0.6) is 0 Å². The Morgan fingerprint density at radius 1 is 1.14 bits per heavy atom. The number of nitrogens with zero attached hydrogens (tertiary/aromatic N) is 3. The van der Waals surface area contributed by atoms with Gasteiger partial charge < -0.3 is 5.73 Å². The standard InChI is InChI=1S/C9H7FN4/c10-7-8(13-5-14-9(7)11)6-1-3-12-4-2-6/h1-5H,(H2,11,13,14). The van der Waals surface area contributed by atoms with Crippen molar-refractivity contribution in [3.8, 4) is 11.3 Å². The Bertz CT molecular complexity index is 444. The summed E-state index contributed by atoms with van der Waals surface area (Å²) in [7, 11) is 0. The molecule has 0 aliphatic carbocycles. The molecule has 4 nitrogen and oxygen atoms in total. The first-order valence-corrected chi connectivity index (χ1v) is 3.95. The van der Waals surface area contributed by atoms with Crippen LogP contribution in [0.1, 0.15) is 0 Å². The molecule has 0 amide bonds. The third-order valence-corrected chi connectivity index (χ3v) is 1.77. The van der Waals surface area contributed by atoms with Gasteiger partial charge >= 0.3 is 0 Å². The zero-order valence-electron chi connectivity index (χ0n) is 7.18. The lowest BCUT2D eigenvalue weighted by Crippen LogP contribution is -1.99. The Kier molecular flexibility index (Phi) is 2.06. The maximum atomic E-state index is 13.4. The predicted octanol–water partition coefficient (Wildman–Crippen LogP) is 1.26. The number of pyridine rings is 1. The quantitative estimate of drug-likeness (QED) is 0.735. The van der Waals surface area contributed by atoms with E-state index < -0.39 is 5.82 Å². The molecular weight excluding hydrogens is 183 g/mol. The number of rotatable bonds is 1. The summed E-state index contributed by atoms with van der Waals surface area (Å²) in [6, 6.07) is 3.32. The Labute approximate surface area is 79.7 Å². The number of nitrogen functional groups attached to an aromatic ring is 1. The van der Waals surface area contributed by atoms with Crippen LogP contribution >= 0.6 is 0 Å². The van der Waals surface area contributed by atoms with Gasteiger partial charge in [-0.2, -0.15) is 0 Å². The maximum Gasteiger partial charge on any atom is 0.191 e. The lowest BCUT2D eigenvalue weighted by atomic mass is 10.2. The summed E-state index contributed by atoms with van der Waals surface area (Å²) in [5.74, 6) is -0.745. The molecule has 0 saturated carbocycles. The molecule has 0 atom stereocenters. The third kappa shape index (κ3) is 1.39. The molecular formula is C9H7FN4. The summed E-state index contributed by atoms with van der Waals surface area (Å²) in [4.78, 5) is 11.2. The minimum Gasteiger partial charge on any atom is -0.381 e. The highest BCUT2D eigenvalue weighted by Gasteiger charge is 2.09. The first-order valence-electron chi connectivity index (χ1n) is 3.95. The summed E-state index contributed by atoms with van der Waals surface area (Å²) < 4.78 is 13.4. The van der Waals surface area contributed by atoms with E-state index >= 15 is 0 Å². The van der Waals surface area contributed by atoms with Gasteiger partial charge in [-0.1, -0.05) is 0 Å². The Hall–Kier alpha value is -2.04. The van der Waals surface area contributed by atoms with Crippen LogP contribution in [-0.2, 0) is 0 Å². The van der Waals surface area contributed by atoms with Crippen molar-refractivity contribution in [3.63, 3.8) is 0 Å². The zero-order valence-corrected chi connectivity index (χ0v) is 7.18. The molecule has 0 aromatic carbocycles. The number of hydrogen-bond donors (Lipinski definition) is 1. The normalized spacial score (nSPS) is 10.1. The van der Waals surface area contributed by atoms with E-state index in [-0.39, 0.29) is 11.5 Å². The average Bonchev–Trinajstić information content (AvgIpc) is 2.23. The van der Waals surface area contributed by atoms with Crippen LogP contribution in [0.15, 0.2) is 30.9 Å². The molecule has 2 aromatic heterocycles. The van der Waals surface area contributed by atoms with Crippen LogP contribution in [0.25, 0.3) is 11.3 Å². The van der Waals surface area contributed by atoms with Gasteiger partial charge in [-0.15, -0.1) is 0 Å². The van der Waals surface area contributed by atoms with E-state index in [2.05, 4.69) is 15.0 Å². The van der Waals surface area contributed by atoms with Crippen LogP contribution in [0, 0.1) is 5.82 Å². The summed E-state index contributed by atoms with van der Waals surface area (Å²) >= 11 is 0. The van der Waals surface area contributed by atoms with Gasteiger partial charge in [-0.3, -0.25) is 4.98 Å². The van der Waals surface area contributed by atoms with Crippen LogP contribution in [-0.4, -0.2) is 15.0 Å². The Morgan fingerprint density at radius 2 is 1.86 bits per heavy atom. The maximum absolute atomic E-state index is 13.4. The Balaban J connectivity index is 2.58. The second-order valence-corrected chi connectivity index (χ2v) is 2.66. The molecule has 0 unspecified atom stereocenters. The molecule has 2 rings (SSSR count). The monoisotopic (exact) mass is 190 g/mol. The molecule has 5 heteroatoms.